The lowest BCUT2D eigenvalue weighted by Crippen LogP contribution is -2.61. The molecular formula is C24H28N2O4. The summed E-state index contributed by atoms with van der Waals surface area (Å²) >= 11 is 0. The van der Waals surface area contributed by atoms with E-state index in [0.29, 0.717) is 11.7 Å². The highest BCUT2D eigenvalue weighted by molar-refractivity contribution is 5.92. The van der Waals surface area contributed by atoms with Crippen LogP contribution in [0.25, 0.3) is 11.5 Å². The predicted octanol–water partition coefficient (Wildman–Crippen LogP) is 4.28. The number of aryl methyl sites for hydroxylation is 1. The molecule has 4 fully saturated rings. The number of nitrogens with one attached hydrogen (secondary N) is 1. The van der Waals surface area contributed by atoms with E-state index in [1.165, 1.54) is 19.3 Å². The second-order valence-corrected chi connectivity index (χ2v) is 9.52. The molecule has 0 spiro atoms. The van der Waals surface area contributed by atoms with Gasteiger partial charge in [0.05, 0.1) is 0 Å². The molecule has 158 valence electrons. The SMILES string of the molecule is Cc1oc(-c2ccccc2)nc1C(=O)O[C@H](C)C(=O)NC12CC3CC(CC(C3)C1)C2. The van der Waals surface area contributed by atoms with Gasteiger partial charge in [-0.2, -0.15) is 0 Å². The van der Waals surface area contributed by atoms with Crippen LogP contribution in [0.2, 0.25) is 0 Å². The fraction of sp³-hybridized carbons (Fsp3) is 0.542. The molecule has 4 bridgehead atoms. The van der Waals surface area contributed by atoms with Crippen LogP contribution in [-0.2, 0) is 9.53 Å². The molecule has 4 aliphatic rings. The van der Waals surface area contributed by atoms with Crippen LogP contribution in [0, 0.1) is 24.7 Å². The average molecular weight is 408 g/mol. The summed E-state index contributed by atoms with van der Waals surface area (Å²) in [5, 5.41) is 3.27. The van der Waals surface area contributed by atoms with Crippen molar-refractivity contribution >= 4 is 11.9 Å². The van der Waals surface area contributed by atoms with E-state index < -0.39 is 12.1 Å². The molecule has 0 saturated heterocycles. The molecule has 1 aromatic carbocycles. The molecule has 0 radical (unpaired) electrons. The third kappa shape index (κ3) is 3.53. The quantitative estimate of drug-likeness (QED) is 0.747. The van der Waals surface area contributed by atoms with Crippen LogP contribution in [0.15, 0.2) is 34.7 Å². The van der Waals surface area contributed by atoms with Gasteiger partial charge in [0.2, 0.25) is 5.89 Å². The van der Waals surface area contributed by atoms with Gasteiger partial charge in [0.1, 0.15) is 5.76 Å². The van der Waals surface area contributed by atoms with Crippen LogP contribution >= 0.6 is 0 Å². The van der Waals surface area contributed by atoms with Gasteiger partial charge in [0, 0.05) is 11.1 Å². The fourth-order valence-corrected chi connectivity index (χ4v) is 6.19. The Morgan fingerprint density at radius 1 is 1.10 bits per heavy atom. The van der Waals surface area contributed by atoms with Crippen molar-refractivity contribution in [3.8, 4) is 11.5 Å². The van der Waals surface area contributed by atoms with Gasteiger partial charge in [0.25, 0.3) is 5.91 Å². The zero-order valence-corrected chi connectivity index (χ0v) is 17.5. The van der Waals surface area contributed by atoms with E-state index in [1.807, 2.05) is 30.3 Å². The summed E-state index contributed by atoms with van der Waals surface area (Å²) in [6.07, 6.45) is 6.26. The summed E-state index contributed by atoms with van der Waals surface area (Å²) in [7, 11) is 0. The highest BCUT2D eigenvalue weighted by Gasteiger charge is 2.51. The van der Waals surface area contributed by atoms with Crippen molar-refractivity contribution in [3.63, 3.8) is 0 Å². The Labute approximate surface area is 176 Å². The predicted molar refractivity (Wildman–Crippen MR) is 111 cm³/mol. The molecule has 1 N–H and O–H groups in total. The summed E-state index contributed by atoms with van der Waals surface area (Å²) in [4.78, 5) is 29.8. The maximum atomic E-state index is 12.9. The number of oxazole rings is 1. The van der Waals surface area contributed by atoms with Gasteiger partial charge >= 0.3 is 5.97 Å². The van der Waals surface area contributed by atoms with Crippen LogP contribution in [0.1, 0.15) is 61.7 Å². The van der Waals surface area contributed by atoms with Gasteiger partial charge in [-0.25, -0.2) is 9.78 Å². The first-order chi connectivity index (χ1) is 14.4. The number of ether oxygens (including phenoxy) is 1. The molecular weight excluding hydrogens is 380 g/mol. The fourth-order valence-electron chi connectivity index (χ4n) is 6.19. The third-order valence-electron chi connectivity index (χ3n) is 7.09. The number of amides is 1. The number of benzene rings is 1. The van der Waals surface area contributed by atoms with Crippen molar-refractivity contribution in [1.82, 2.24) is 10.3 Å². The highest BCUT2D eigenvalue weighted by atomic mass is 16.5. The highest BCUT2D eigenvalue weighted by Crippen LogP contribution is 2.55. The van der Waals surface area contributed by atoms with Gasteiger partial charge < -0.3 is 14.5 Å². The Kier molecular flexibility index (Phi) is 4.68. The van der Waals surface area contributed by atoms with E-state index in [1.54, 1.807) is 13.8 Å². The molecule has 1 amide bonds. The van der Waals surface area contributed by atoms with Crippen LogP contribution in [0.5, 0.6) is 0 Å². The second kappa shape index (κ2) is 7.25. The smallest absolute Gasteiger partial charge is 0.361 e. The number of carbonyl (C=O) groups excluding carboxylic acids is 2. The van der Waals surface area contributed by atoms with E-state index in [2.05, 4.69) is 10.3 Å². The lowest BCUT2D eigenvalue weighted by molar-refractivity contribution is -0.134. The number of carbonyl (C=O) groups is 2. The minimum absolute atomic E-state index is 0.100. The topological polar surface area (TPSA) is 81.4 Å². The maximum absolute atomic E-state index is 12.9. The monoisotopic (exact) mass is 408 g/mol. The molecule has 2 aromatic rings. The van der Waals surface area contributed by atoms with Crippen molar-refractivity contribution in [3.05, 3.63) is 41.8 Å². The zero-order chi connectivity index (χ0) is 20.9. The van der Waals surface area contributed by atoms with Crippen molar-refractivity contribution in [2.75, 3.05) is 0 Å². The molecule has 1 heterocycles. The average Bonchev–Trinajstić information content (AvgIpc) is 3.09. The molecule has 0 unspecified atom stereocenters. The Hall–Kier alpha value is -2.63. The Morgan fingerprint density at radius 2 is 1.70 bits per heavy atom. The molecule has 1 aromatic heterocycles. The van der Waals surface area contributed by atoms with E-state index in [4.69, 9.17) is 9.15 Å². The molecule has 30 heavy (non-hydrogen) atoms. The molecule has 6 nitrogen and oxygen atoms in total. The van der Waals surface area contributed by atoms with Crippen molar-refractivity contribution in [2.24, 2.45) is 17.8 Å². The first kappa shape index (κ1) is 19.3. The number of esters is 1. The molecule has 6 rings (SSSR count). The number of nitrogens with zero attached hydrogens (tertiary/aromatic N) is 1. The Balaban J connectivity index is 1.24. The second-order valence-electron chi connectivity index (χ2n) is 9.52. The Morgan fingerprint density at radius 3 is 2.30 bits per heavy atom. The van der Waals surface area contributed by atoms with E-state index >= 15 is 0 Å². The summed E-state index contributed by atoms with van der Waals surface area (Å²) < 4.78 is 11.1. The van der Waals surface area contributed by atoms with Gasteiger partial charge in [-0.1, -0.05) is 18.2 Å². The van der Waals surface area contributed by atoms with Crippen LogP contribution in [0.3, 0.4) is 0 Å². The molecule has 4 saturated carbocycles. The molecule has 6 heteroatoms. The summed E-state index contributed by atoms with van der Waals surface area (Å²) in [5.74, 6) is 2.12. The first-order valence-corrected chi connectivity index (χ1v) is 11.0. The van der Waals surface area contributed by atoms with Crippen molar-refractivity contribution < 1.29 is 18.7 Å². The summed E-state index contributed by atoms with van der Waals surface area (Å²) in [6.45, 7) is 3.30. The third-order valence-corrected chi connectivity index (χ3v) is 7.09. The van der Waals surface area contributed by atoms with Gasteiger partial charge in [-0.05, 0) is 82.3 Å². The minimum Gasteiger partial charge on any atom is -0.448 e. The number of aromatic nitrogens is 1. The lowest BCUT2D eigenvalue weighted by Gasteiger charge is -2.57. The van der Waals surface area contributed by atoms with Crippen LogP contribution < -0.4 is 5.32 Å². The number of rotatable bonds is 5. The van der Waals surface area contributed by atoms with Gasteiger partial charge in [-0.3, -0.25) is 4.79 Å². The lowest BCUT2D eigenvalue weighted by atomic mass is 9.53. The molecule has 4 aliphatic carbocycles. The van der Waals surface area contributed by atoms with Gasteiger partial charge in [-0.15, -0.1) is 0 Å². The minimum atomic E-state index is -0.873. The van der Waals surface area contributed by atoms with Crippen LogP contribution in [0.4, 0.5) is 0 Å². The van der Waals surface area contributed by atoms with Crippen molar-refractivity contribution in [2.45, 2.75) is 64.0 Å². The summed E-state index contributed by atoms with van der Waals surface area (Å²) in [6, 6.07) is 9.38. The van der Waals surface area contributed by atoms with E-state index in [-0.39, 0.29) is 17.1 Å². The van der Waals surface area contributed by atoms with E-state index in [9.17, 15) is 9.59 Å². The standard InChI is InChI=1S/C24H28N2O4/c1-14-20(25-22(29-14)19-6-4-3-5-7-19)23(28)30-15(2)21(27)26-24-11-16-8-17(12-24)10-18(9-16)13-24/h3-7,15-18H,8-13H2,1-2H3,(H,26,27)/t15-,16?,17?,18?,24?/m1/s1. The largest absolute Gasteiger partial charge is 0.448 e. The summed E-state index contributed by atoms with van der Waals surface area (Å²) in [5.41, 5.74) is 0.798. The van der Waals surface area contributed by atoms with Gasteiger partial charge in [0.15, 0.2) is 11.8 Å². The number of hydrogen-bond donors (Lipinski definition) is 1. The zero-order valence-electron chi connectivity index (χ0n) is 17.5. The Bertz CT molecular complexity index is 930. The van der Waals surface area contributed by atoms with Crippen molar-refractivity contribution in [1.29, 1.82) is 0 Å². The molecule has 1 atom stereocenters. The first-order valence-electron chi connectivity index (χ1n) is 11.0. The van der Waals surface area contributed by atoms with Crippen LogP contribution in [-0.4, -0.2) is 28.5 Å². The normalized spacial score (nSPS) is 30.1. The van der Waals surface area contributed by atoms with E-state index in [0.717, 1.165) is 42.6 Å². The maximum Gasteiger partial charge on any atom is 0.361 e. The molecule has 0 aliphatic heterocycles. The number of hydrogen-bond acceptors (Lipinski definition) is 5.